The number of aromatic carboxylic acids is 1. The molecule has 2 aromatic rings. The van der Waals surface area contributed by atoms with Crippen molar-refractivity contribution in [3.8, 4) is 5.75 Å². The Morgan fingerprint density at radius 2 is 2.10 bits per heavy atom. The second-order valence-corrected chi connectivity index (χ2v) is 6.63. The number of phenolic OH excluding ortho intramolecular Hbond substituents is 1. The number of rotatable bonds is 4. The minimum atomic E-state index is -4.04. The van der Waals surface area contributed by atoms with Crippen LogP contribution in [-0.2, 0) is 10.0 Å². The summed E-state index contributed by atoms with van der Waals surface area (Å²) in [6, 6.07) is 4.11. The molecule has 20 heavy (non-hydrogen) atoms. The molecule has 1 aromatic heterocycles. The number of aryl methyl sites for hydroxylation is 1. The van der Waals surface area contributed by atoms with Gasteiger partial charge in [0.25, 0.3) is 10.0 Å². The molecule has 7 nitrogen and oxygen atoms in total. The van der Waals surface area contributed by atoms with Crippen molar-refractivity contribution in [1.82, 2.24) is 4.98 Å². The van der Waals surface area contributed by atoms with E-state index in [1.165, 1.54) is 18.2 Å². The highest BCUT2D eigenvalue weighted by Gasteiger charge is 2.26. The van der Waals surface area contributed by atoms with Crippen LogP contribution in [0.1, 0.15) is 16.1 Å². The number of carboxylic acid groups (broad SMARTS) is 1. The van der Waals surface area contributed by atoms with Gasteiger partial charge < -0.3 is 10.2 Å². The average Bonchev–Trinajstić information content (AvgIpc) is 2.82. The molecule has 106 valence electrons. The van der Waals surface area contributed by atoms with Gasteiger partial charge in [-0.25, -0.2) is 18.2 Å². The summed E-state index contributed by atoms with van der Waals surface area (Å²) in [5.74, 6) is -1.40. The standard InChI is InChI=1S/C11H10N2O5S2/c1-6-4-7(14)2-3-8(6)13-20(17,18)11-9(10(15)16)12-5-19-11/h2-5,13-14H,1H3,(H,15,16). The molecule has 0 amide bonds. The lowest BCUT2D eigenvalue weighted by molar-refractivity contribution is 0.0687. The van der Waals surface area contributed by atoms with Crippen LogP contribution in [0.2, 0.25) is 0 Å². The van der Waals surface area contributed by atoms with Crippen LogP contribution < -0.4 is 4.72 Å². The van der Waals surface area contributed by atoms with Gasteiger partial charge in [0.1, 0.15) is 5.75 Å². The number of carbonyl (C=O) groups is 1. The van der Waals surface area contributed by atoms with Crippen LogP contribution in [-0.4, -0.2) is 29.6 Å². The molecule has 0 saturated carbocycles. The topological polar surface area (TPSA) is 117 Å². The Morgan fingerprint density at radius 3 is 2.70 bits per heavy atom. The van der Waals surface area contributed by atoms with Crippen LogP contribution in [0.4, 0.5) is 5.69 Å². The Hall–Kier alpha value is -2.13. The number of aromatic hydroxyl groups is 1. The number of nitrogens with one attached hydrogen (secondary N) is 1. The number of thiazole rings is 1. The van der Waals surface area contributed by atoms with Gasteiger partial charge in [-0.05, 0) is 30.7 Å². The van der Waals surface area contributed by atoms with Crippen LogP contribution in [0.5, 0.6) is 5.75 Å². The minimum Gasteiger partial charge on any atom is -0.508 e. The number of anilines is 1. The third-order valence-electron chi connectivity index (χ3n) is 2.44. The van der Waals surface area contributed by atoms with Crippen molar-refractivity contribution >= 4 is 33.0 Å². The van der Waals surface area contributed by atoms with Crippen molar-refractivity contribution < 1.29 is 23.4 Å². The lowest BCUT2D eigenvalue weighted by Gasteiger charge is -2.09. The average molecular weight is 314 g/mol. The zero-order valence-corrected chi connectivity index (χ0v) is 11.8. The van der Waals surface area contributed by atoms with Gasteiger partial charge in [-0.2, -0.15) is 0 Å². The van der Waals surface area contributed by atoms with E-state index in [2.05, 4.69) is 9.71 Å². The summed E-state index contributed by atoms with van der Waals surface area (Å²) in [6.45, 7) is 1.61. The number of benzene rings is 1. The van der Waals surface area contributed by atoms with E-state index in [4.69, 9.17) is 5.11 Å². The maximum Gasteiger partial charge on any atom is 0.356 e. The lowest BCUT2D eigenvalue weighted by atomic mass is 10.2. The summed E-state index contributed by atoms with van der Waals surface area (Å²) >= 11 is 0.721. The molecule has 0 aliphatic rings. The van der Waals surface area contributed by atoms with Gasteiger partial charge in [-0.1, -0.05) is 0 Å². The predicted molar refractivity (Wildman–Crippen MR) is 72.7 cm³/mol. The molecule has 0 aliphatic heterocycles. The smallest absolute Gasteiger partial charge is 0.356 e. The highest BCUT2D eigenvalue weighted by Crippen LogP contribution is 2.26. The van der Waals surface area contributed by atoms with Gasteiger partial charge in [-0.3, -0.25) is 4.72 Å². The van der Waals surface area contributed by atoms with Gasteiger partial charge >= 0.3 is 5.97 Å². The van der Waals surface area contributed by atoms with E-state index < -0.39 is 21.7 Å². The Kier molecular flexibility index (Phi) is 3.64. The summed E-state index contributed by atoms with van der Waals surface area (Å²) in [6.07, 6.45) is 0. The quantitative estimate of drug-likeness (QED) is 0.739. The lowest BCUT2D eigenvalue weighted by Crippen LogP contribution is -2.15. The van der Waals surface area contributed by atoms with E-state index in [0.29, 0.717) is 5.56 Å². The molecule has 1 aromatic carbocycles. The Labute approximate surface area is 118 Å². The summed E-state index contributed by atoms with van der Waals surface area (Å²) in [4.78, 5) is 14.4. The van der Waals surface area contributed by atoms with E-state index >= 15 is 0 Å². The molecular weight excluding hydrogens is 304 g/mol. The second-order valence-electron chi connectivity index (χ2n) is 3.90. The molecule has 0 fully saturated rings. The first-order valence-electron chi connectivity index (χ1n) is 5.30. The van der Waals surface area contributed by atoms with Crippen molar-refractivity contribution in [1.29, 1.82) is 0 Å². The molecular formula is C11H10N2O5S2. The molecule has 0 spiro atoms. The van der Waals surface area contributed by atoms with E-state index in [9.17, 15) is 18.3 Å². The maximum absolute atomic E-state index is 12.2. The molecule has 0 aliphatic carbocycles. The molecule has 0 bridgehead atoms. The molecule has 9 heteroatoms. The van der Waals surface area contributed by atoms with Gasteiger partial charge in [-0.15, -0.1) is 11.3 Å². The summed E-state index contributed by atoms with van der Waals surface area (Å²) < 4.78 is 26.2. The largest absolute Gasteiger partial charge is 0.508 e. The Balaban J connectivity index is 2.41. The minimum absolute atomic E-state index is 0.00876. The third kappa shape index (κ3) is 2.73. The van der Waals surface area contributed by atoms with E-state index in [1.807, 2.05) is 0 Å². The Morgan fingerprint density at radius 1 is 1.40 bits per heavy atom. The highest BCUT2D eigenvalue weighted by molar-refractivity contribution is 7.94. The molecule has 0 radical (unpaired) electrons. The number of hydrogen-bond acceptors (Lipinski definition) is 6. The van der Waals surface area contributed by atoms with Crippen molar-refractivity contribution in [2.24, 2.45) is 0 Å². The fraction of sp³-hybridized carbons (Fsp3) is 0.0909. The summed E-state index contributed by atoms with van der Waals surface area (Å²) in [5, 5.41) is 18.2. The maximum atomic E-state index is 12.2. The fourth-order valence-electron chi connectivity index (χ4n) is 1.52. The number of nitrogens with zero attached hydrogens (tertiary/aromatic N) is 1. The summed E-state index contributed by atoms with van der Waals surface area (Å²) in [7, 11) is -4.04. The van der Waals surface area contributed by atoms with Crippen molar-refractivity contribution in [2.75, 3.05) is 4.72 Å². The third-order valence-corrected chi connectivity index (χ3v) is 5.17. The number of carboxylic acids is 1. The second kappa shape index (κ2) is 5.10. The van der Waals surface area contributed by atoms with Gasteiger partial charge in [0.05, 0.1) is 11.2 Å². The first-order chi connectivity index (χ1) is 9.31. The van der Waals surface area contributed by atoms with Crippen LogP contribution in [0.25, 0.3) is 0 Å². The van der Waals surface area contributed by atoms with E-state index in [1.54, 1.807) is 6.92 Å². The molecule has 2 rings (SSSR count). The van der Waals surface area contributed by atoms with Gasteiger partial charge in [0.2, 0.25) is 0 Å². The van der Waals surface area contributed by atoms with Crippen LogP contribution in [0.15, 0.2) is 27.9 Å². The van der Waals surface area contributed by atoms with Crippen LogP contribution in [0.3, 0.4) is 0 Å². The van der Waals surface area contributed by atoms with E-state index in [-0.39, 0.29) is 15.6 Å². The predicted octanol–water partition coefficient (Wildman–Crippen LogP) is 1.66. The van der Waals surface area contributed by atoms with Gasteiger partial charge in [0.15, 0.2) is 9.90 Å². The Bertz CT molecular complexity index is 767. The van der Waals surface area contributed by atoms with Gasteiger partial charge in [0, 0.05) is 0 Å². The van der Waals surface area contributed by atoms with Crippen molar-refractivity contribution in [3.05, 3.63) is 35.0 Å². The first-order valence-corrected chi connectivity index (χ1v) is 7.67. The number of aromatic nitrogens is 1. The molecule has 1 heterocycles. The SMILES string of the molecule is Cc1cc(O)ccc1NS(=O)(=O)c1scnc1C(=O)O. The molecule has 0 saturated heterocycles. The molecule has 3 N–H and O–H groups in total. The van der Waals surface area contributed by atoms with Crippen LogP contribution >= 0.6 is 11.3 Å². The monoisotopic (exact) mass is 314 g/mol. The molecule has 0 atom stereocenters. The normalized spacial score (nSPS) is 11.2. The summed E-state index contributed by atoms with van der Waals surface area (Å²) in [5.41, 5.74) is 1.41. The first kappa shape index (κ1) is 14.3. The van der Waals surface area contributed by atoms with Crippen LogP contribution in [0, 0.1) is 6.92 Å². The fourth-order valence-corrected chi connectivity index (χ4v) is 3.79. The number of hydrogen-bond donors (Lipinski definition) is 3. The van der Waals surface area contributed by atoms with E-state index in [0.717, 1.165) is 16.8 Å². The zero-order chi connectivity index (χ0) is 14.9. The molecule has 0 unspecified atom stereocenters. The van der Waals surface area contributed by atoms with Crippen molar-refractivity contribution in [2.45, 2.75) is 11.1 Å². The zero-order valence-electron chi connectivity index (χ0n) is 10.2. The number of sulfonamides is 1. The van der Waals surface area contributed by atoms with Crippen molar-refractivity contribution in [3.63, 3.8) is 0 Å². The number of phenols is 1. The highest BCUT2D eigenvalue weighted by atomic mass is 32.2.